The van der Waals surface area contributed by atoms with Crippen LogP contribution in [0.3, 0.4) is 0 Å². The summed E-state index contributed by atoms with van der Waals surface area (Å²) in [6, 6.07) is 8.02. The largest absolute Gasteiger partial charge is 0.429 e. The molecule has 0 spiro atoms. The van der Waals surface area contributed by atoms with Crippen LogP contribution < -0.4 is 10.7 Å². The molecule has 0 radical (unpaired) electrons. The Labute approximate surface area is 102 Å². The minimum absolute atomic E-state index is 0.0689. The average molecular weight is 247 g/mol. The van der Waals surface area contributed by atoms with Crippen molar-refractivity contribution >= 4 is 11.7 Å². The van der Waals surface area contributed by atoms with Crippen LogP contribution in [-0.4, -0.2) is 16.0 Å². The van der Waals surface area contributed by atoms with Gasteiger partial charge in [0.25, 0.3) is 0 Å². The molecule has 0 aliphatic carbocycles. The van der Waals surface area contributed by atoms with Crippen LogP contribution in [0.25, 0.3) is 0 Å². The molecule has 2 amide bonds. The summed E-state index contributed by atoms with van der Waals surface area (Å²) in [4.78, 5) is 15.2. The number of anilines is 1. The molecular weight excluding hydrogens is 237 g/mol. The first kappa shape index (κ1) is 11.8. The molecule has 1 heterocycles. The molecule has 1 aromatic heterocycles. The van der Waals surface area contributed by atoms with E-state index in [1.54, 1.807) is 6.07 Å². The van der Waals surface area contributed by atoms with E-state index in [0.717, 1.165) is 4.73 Å². The van der Waals surface area contributed by atoms with Crippen LogP contribution in [0.15, 0.2) is 53.8 Å². The quantitative estimate of drug-likeness (QED) is 0.757. The minimum atomic E-state index is -0.684. The van der Waals surface area contributed by atoms with Crippen LogP contribution in [0.1, 0.15) is 0 Å². The third kappa shape index (κ3) is 2.94. The molecule has 2 rings (SSSR count). The number of benzene rings is 1. The summed E-state index contributed by atoms with van der Waals surface area (Å²) in [6.07, 6.45) is 2.66. The second kappa shape index (κ2) is 5.13. The van der Waals surface area contributed by atoms with Gasteiger partial charge in [0.05, 0.1) is 11.0 Å². The van der Waals surface area contributed by atoms with Crippen molar-refractivity contribution < 1.29 is 14.4 Å². The molecule has 0 aliphatic rings. The Bertz CT molecular complexity index is 617. The van der Waals surface area contributed by atoms with Crippen LogP contribution in [0, 0.1) is 5.82 Å². The first-order chi connectivity index (χ1) is 8.65. The van der Waals surface area contributed by atoms with Crippen molar-refractivity contribution in [3.8, 4) is 0 Å². The summed E-state index contributed by atoms with van der Waals surface area (Å²) < 4.78 is 14.1. The summed E-state index contributed by atoms with van der Waals surface area (Å²) >= 11 is 0. The molecule has 0 aliphatic heterocycles. The predicted octanol–water partition coefficient (Wildman–Crippen LogP) is 2.00. The van der Waals surface area contributed by atoms with E-state index in [2.05, 4.69) is 10.3 Å². The van der Waals surface area contributed by atoms with Crippen molar-refractivity contribution in [1.82, 2.24) is 4.73 Å². The Kier molecular flexibility index (Phi) is 3.38. The van der Waals surface area contributed by atoms with E-state index >= 15 is 0 Å². The van der Waals surface area contributed by atoms with Crippen LogP contribution in [-0.2, 0) is 0 Å². The van der Waals surface area contributed by atoms with Gasteiger partial charge in [0, 0.05) is 12.4 Å². The van der Waals surface area contributed by atoms with Crippen LogP contribution in [0.4, 0.5) is 14.9 Å². The number of pyridine rings is 1. The van der Waals surface area contributed by atoms with Crippen molar-refractivity contribution in [2.24, 2.45) is 4.99 Å². The second-order valence-electron chi connectivity index (χ2n) is 3.46. The predicted molar refractivity (Wildman–Crippen MR) is 62.6 cm³/mol. The van der Waals surface area contributed by atoms with Gasteiger partial charge in [0.15, 0.2) is 0 Å². The Morgan fingerprint density at radius 3 is 2.56 bits per heavy atom. The number of hydrogen-bond acceptors (Lipinski definition) is 2. The lowest BCUT2D eigenvalue weighted by Crippen LogP contribution is -2.13. The highest BCUT2D eigenvalue weighted by Gasteiger charge is 2.03. The highest BCUT2D eigenvalue weighted by Crippen LogP contribution is 2.12. The monoisotopic (exact) mass is 247 g/mol. The van der Waals surface area contributed by atoms with Gasteiger partial charge in [0.2, 0.25) is 0 Å². The number of rotatable bonds is 1. The zero-order valence-electron chi connectivity index (χ0n) is 9.25. The maximum Gasteiger partial charge on any atom is 0.346 e. The van der Waals surface area contributed by atoms with Crippen molar-refractivity contribution in [3.05, 3.63) is 60.0 Å². The Morgan fingerprint density at radius 1 is 1.22 bits per heavy atom. The molecule has 2 aromatic rings. The van der Waals surface area contributed by atoms with E-state index in [1.807, 2.05) is 0 Å². The lowest BCUT2D eigenvalue weighted by Gasteiger charge is -2.02. The highest BCUT2D eigenvalue weighted by molar-refractivity contribution is 5.90. The number of carbonyl (C=O) groups excluding carboxylic acids is 1. The molecule has 18 heavy (non-hydrogen) atoms. The molecule has 0 saturated heterocycles. The molecule has 2 N–H and O–H groups in total. The van der Waals surface area contributed by atoms with Crippen LogP contribution in [0.2, 0.25) is 0 Å². The molecular formula is C12H10FN3O2. The van der Waals surface area contributed by atoms with Crippen molar-refractivity contribution in [3.63, 3.8) is 0 Å². The van der Waals surface area contributed by atoms with Crippen LogP contribution >= 0.6 is 0 Å². The number of halogens is 1. The first-order valence-corrected chi connectivity index (χ1v) is 5.13. The topological polar surface area (TPSA) is 66.6 Å². The summed E-state index contributed by atoms with van der Waals surface area (Å²) in [5.74, 6) is -0.526. The zero-order chi connectivity index (χ0) is 13.0. The number of urea groups is 1. The molecule has 1 aromatic carbocycles. The van der Waals surface area contributed by atoms with E-state index in [0.29, 0.717) is 5.36 Å². The summed E-state index contributed by atoms with van der Waals surface area (Å²) in [5, 5.41) is 11.7. The number of nitrogens with one attached hydrogen (secondary N) is 1. The smallest absolute Gasteiger partial charge is 0.346 e. The van der Waals surface area contributed by atoms with E-state index in [9.17, 15) is 9.18 Å². The fourth-order valence-corrected chi connectivity index (χ4v) is 1.31. The van der Waals surface area contributed by atoms with Crippen molar-refractivity contribution in [2.75, 3.05) is 5.32 Å². The van der Waals surface area contributed by atoms with Crippen molar-refractivity contribution in [2.45, 2.75) is 0 Å². The van der Waals surface area contributed by atoms with Crippen LogP contribution in [0.5, 0.6) is 0 Å². The first-order valence-electron chi connectivity index (χ1n) is 5.13. The third-order valence-electron chi connectivity index (χ3n) is 2.14. The van der Waals surface area contributed by atoms with E-state index in [-0.39, 0.29) is 5.69 Å². The van der Waals surface area contributed by atoms with Gasteiger partial charge in [-0.2, -0.15) is 4.99 Å². The fraction of sp³-hybridized carbons (Fsp3) is 0. The summed E-state index contributed by atoms with van der Waals surface area (Å²) in [5.41, 5.74) is 0.0689. The number of carbonyl (C=O) groups is 1. The second-order valence-corrected chi connectivity index (χ2v) is 3.46. The molecule has 5 nitrogen and oxygen atoms in total. The third-order valence-corrected chi connectivity index (χ3v) is 2.14. The summed E-state index contributed by atoms with van der Waals surface area (Å²) in [7, 11) is 0. The maximum atomic E-state index is 13.2. The standard InChI is InChI=1S/C12H10FN3O2/c13-10-3-1-2-4-11(10)15-12(17)14-9-5-7-16(18)8-6-9/h1-8,18H,(H,15,17). The van der Waals surface area contributed by atoms with Gasteiger partial charge < -0.3 is 10.5 Å². The lowest BCUT2D eigenvalue weighted by atomic mass is 10.3. The zero-order valence-corrected chi connectivity index (χ0v) is 9.25. The minimum Gasteiger partial charge on any atom is -0.429 e. The highest BCUT2D eigenvalue weighted by atomic mass is 19.1. The van der Waals surface area contributed by atoms with Gasteiger partial charge >= 0.3 is 6.03 Å². The van der Waals surface area contributed by atoms with E-state index < -0.39 is 11.8 Å². The Hall–Kier alpha value is -2.63. The lowest BCUT2D eigenvalue weighted by molar-refractivity contribution is 0.184. The molecule has 0 atom stereocenters. The van der Waals surface area contributed by atoms with E-state index in [4.69, 9.17) is 5.21 Å². The number of aromatic nitrogens is 1. The maximum absolute atomic E-state index is 13.2. The number of amides is 2. The van der Waals surface area contributed by atoms with E-state index in [1.165, 1.54) is 42.7 Å². The molecule has 6 heteroatoms. The Balaban J connectivity index is 2.17. The van der Waals surface area contributed by atoms with Crippen molar-refractivity contribution in [1.29, 1.82) is 0 Å². The SMILES string of the molecule is O=C(N=c1ccn(O)cc1)Nc1ccccc1F. The number of nitrogens with zero attached hydrogens (tertiary/aromatic N) is 2. The molecule has 0 bridgehead atoms. The average Bonchev–Trinajstić information content (AvgIpc) is 2.35. The van der Waals surface area contributed by atoms with Gasteiger partial charge in [-0.1, -0.05) is 12.1 Å². The molecule has 0 fully saturated rings. The van der Waals surface area contributed by atoms with Gasteiger partial charge in [-0.25, -0.2) is 13.9 Å². The number of para-hydroxylation sites is 1. The number of hydrogen-bond donors (Lipinski definition) is 2. The van der Waals surface area contributed by atoms with Gasteiger partial charge in [-0.3, -0.25) is 0 Å². The van der Waals surface area contributed by atoms with Gasteiger partial charge in [0.1, 0.15) is 5.82 Å². The Morgan fingerprint density at radius 2 is 1.89 bits per heavy atom. The fourth-order valence-electron chi connectivity index (χ4n) is 1.31. The van der Waals surface area contributed by atoms with Gasteiger partial charge in [-0.05, 0) is 24.3 Å². The molecule has 0 saturated carbocycles. The molecule has 0 unspecified atom stereocenters. The summed E-state index contributed by atoms with van der Waals surface area (Å²) in [6.45, 7) is 0. The normalized spacial score (nSPS) is 9.83. The molecule has 92 valence electrons. The van der Waals surface area contributed by atoms with Gasteiger partial charge in [-0.15, -0.1) is 0 Å².